The number of benzene rings is 5. The average molecular weight is 863 g/mol. The minimum atomic E-state index is -4.46. The van der Waals surface area contributed by atoms with Crippen molar-refractivity contribution in [2.24, 2.45) is 0 Å². The molecule has 0 saturated carbocycles. The third-order valence-corrected chi connectivity index (χ3v) is 15.6. The molecule has 0 radical (unpaired) electrons. The summed E-state index contributed by atoms with van der Waals surface area (Å²) in [5.74, 6) is -0.860. The summed E-state index contributed by atoms with van der Waals surface area (Å²) < 4.78 is 36.1. The number of hydrogen-bond acceptors (Lipinski definition) is 6. The third kappa shape index (κ3) is 8.24. The molecule has 1 aromatic heterocycles. The monoisotopic (exact) mass is 862 g/mol. The molecule has 2 N–H and O–H groups in total. The molecule has 1 saturated heterocycles. The minimum absolute atomic E-state index is 0.0316. The highest BCUT2D eigenvalue weighted by Crippen LogP contribution is 2.50. The van der Waals surface area contributed by atoms with Gasteiger partial charge in [-0.2, -0.15) is 8.42 Å². The minimum Gasteiger partial charge on any atom is -0.481 e. The Morgan fingerprint density at radius 3 is 2.32 bits per heavy atom. The number of hydrogen-bond donors (Lipinski definition) is 2. The molecule has 0 amide bonds. The summed E-state index contributed by atoms with van der Waals surface area (Å²) in [6, 6.07) is 44.0. The molecule has 6 aromatic rings. The van der Waals surface area contributed by atoms with E-state index in [1.165, 1.54) is 54.4 Å². The van der Waals surface area contributed by atoms with Gasteiger partial charge < -0.3 is 5.11 Å². The maximum absolute atomic E-state index is 12.5. The highest BCUT2D eigenvalue weighted by molar-refractivity contribution is 8.08. The molecule has 2 unspecified atom stereocenters. The number of nitrogens with zero attached hydrogens (tertiary/aromatic N) is 1. The molecular formula is C50H40NO5S4+. The first kappa shape index (κ1) is 40.1. The Bertz CT molecular complexity index is 2930. The molecule has 298 valence electrons. The van der Waals surface area contributed by atoms with Crippen molar-refractivity contribution in [3.05, 3.63) is 196 Å². The Hall–Kier alpha value is -5.33. The Morgan fingerprint density at radius 1 is 0.833 bits per heavy atom. The number of carboxylic acid groups (broad SMARTS) is 1. The van der Waals surface area contributed by atoms with E-state index in [2.05, 4.69) is 96.9 Å². The van der Waals surface area contributed by atoms with E-state index in [0.717, 1.165) is 49.4 Å². The number of likely N-dealkylation sites (N-methyl/N-ethyl adjacent to an activating group) is 1. The lowest BCUT2D eigenvalue weighted by atomic mass is 9.94. The maximum atomic E-state index is 12.5. The number of thioether (sulfide) groups is 2. The topological polar surface area (TPSA) is 94.9 Å². The van der Waals surface area contributed by atoms with E-state index in [4.69, 9.17) is 0 Å². The van der Waals surface area contributed by atoms with Crippen molar-refractivity contribution in [2.45, 2.75) is 46.0 Å². The van der Waals surface area contributed by atoms with Crippen LogP contribution in [0.2, 0.25) is 0 Å². The second kappa shape index (κ2) is 17.0. The Balaban J connectivity index is 1.21. The average Bonchev–Trinajstić information content (AvgIpc) is 3.55. The van der Waals surface area contributed by atoms with Crippen LogP contribution in [0.5, 0.6) is 0 Å². The fourth-order valence-corrected chi connectivity index (χ4v) is 12.5. The lowest BCUT2D eigenvalue weighted by Gasteiger charge is -2.36. The van der Waals surface area contributed by atoms with Gasteiger partial charge in [0.15, 0.2) is 0 Å². The zero-order chi connectivity index (χ0) is 41.4. The van der Waals surface area contributed by atoms with E-state index >= 15 is 0 Å². The van der Waals surface area contributed by atoms with Crippen molar-refractivity contribution in [3.63, 3.8) is 0 Å². The van der Waals surface area contributed by atoms with Crippen LogP contribution < -0.4 is 0 Å². The van der Waals surface area contributed by atoms with Crippen LogP contribution in [0.15, 0.2) is 189 Å². The van der Waals surface area contributed by atoms with Crippen molar-refractivity contribution in [1.29, 1.82) is 0 Å². The van der Waals surface area contributed by atoms with Crippen LogP contribution >= 0.6 is 34.9 Å². The molecule has 1 fully saturated rings. The van der Waals surface area contributed by atoms with Crippen LogP contribution in [0.25, 0.3) is 37.1 Å². The van der Waals surface area contributed by atoms with Gasteiger partial charge in [0, 0.05) is 49.2 Å². The maximum Gasteiger partial charge on any atom is 0.307 e. The molecule has 3 aliphatic rings. The largest absolute Gasteiger partial charge is 0.481 e. The van der Waals surface area contributed by atoms with Crippen LogP contribution in [0, 0.1) is 0 Å². The van der Waals surface area contributed by atoms with E-state index in [1.54, 1.807) is 41.7 Å². The van der Waals surface area contributed by atoms with Gasteiger partial charge in [-0.1, -0.05) is 133 Å². The second-order valence-electron chi connectivity index (χ2n) is 15.0. The van der Waals surface area contributed by atoms with Gasteiger partial charge in [0.1, 0.15) is 4.90 Å². The molecular weight excluding hydrogens is 823 g/mol. The fraction of sp³-hybridized carbons (Fsp3) is 0.120. The fourth-order valence-electron chi connectivity index (χ4n) is 8.35. The van der Waals surface area contributed by atoms with Gasteiger partial charge in [0.05, 0.1) is 12.0 Å². The first-order chi connectivity index (χ1) is 29.1. The standard InChI is InChI=1S/C50H39NO5S4/c1-51-42-27-28-43(51)40(26-22-35-31-47(59-45-17-9-6-14-38(35)45)41-15-7-10-18-48(41)60(54,55)56)50(57-36-23-19-32(20-24-36)29-49(52)53)39(42)25-21-34-30-46(33-11-3-2-4-12-33)58-44-16-8-5-13-37(34)44/h2-26,30-31,42-43H,27-29H2,1H3,(H-,52,53,54,55,56)/p+1. The highest BCUT2D eigenvalue weighted by Gasteiger charge is 2.41. The number of aliphatic carboxylic acids is 1. The van der Waals surface area contributed by atoms with Gasteiger partial charge in [-0.05, 0) is 101 Å². The molecule has 3 aliphatic heterocycles. The molecule has 60 heavy (non-hydrogen) atoms. The zero-order valence-corrected chi connectivity index (χ0v) is 35.8. The van der Waals surface area contributed by atoms with Gasteiger partial charge in [0.25, 0.3) is 10.1 Å². The van der Waals surface area contributed by atoms with Crippen molar-refractivity contribution in [2.75, 3.05) is 7.05 Å². The van der Waals surface area contributed by atoms with Gasteiger partial charge in [-0.25, -0.2) is 0 Å². The van der Waals surface area contributed by atoms with Crippen LogP contribution in [-0.4, -0.2) is 48.1 Å². The summed E-state index contributed by atoms with van der Waals surface area (Å²) in [5, 5.41) is 10.5. The van der Waals surface area contributed by atoms with E-state index < -0.39 is 16.1 Å². The summed E-state index contributed by atoms with van der Waals surface area (Å²) in [5.41, 5.74) is 8.08. The third-order valence-electron chi connectivity index (χ3n) is 11.2. The number of carbonyl (C=O) groups is 1. The SMILES string of the molecule is CN1C2CCC1/C(=C\C=C1/C=C(c3ccccc3)Sc3ccccc31)C(Sc1ccc(CC(=O)O)cc1)=C2/C=C/c1cc(-c2ccccc2S(=O)(=O)O)[s+]c2ccccc12. The number of carboxylic acids is 1. The van der Waals surface area contributed by atoms with Crippen LogP contribution in [-0.2, 0) is 21.3 Å². The Labute approximate surface area is 362 Å². The Kier molecular flexibility index (Phi) is 11.3. The number of allylic oxidation sites excluding steroid dienone is 4. The van der Waals surface area contributed by atoms with Crippen LogP contribution in [0.3, 0.4) is 0 Å². The first-order valence-electron chi connectivity index (χ1n) is 19.6. The zero-order valence-electron chi connectivity index (χ0n) is 32.6. The van der Waals surface area contributed by atoms with E-state index in [0.29, 0.717) is 5.56 Å². The Morgan fingerprint density at radius 2 is 1.53 bits per heavy atom. The van der Waals surface area contributed by atoms with E-state index in [9.17, 15) is 22.9 Å². The van der Waals surface area contributed by atoms with Crippen LogP contribution in [0.4, 0.5) is 0 Å². The van der Waals surface area contributed by atoms with Gasteiger partial charge >= 0.3 is 5.97 Å². The molecule has 6 nitrogen and oxygen atoms in total. The van der Waals surface area contributed by atoms with Crippen molar-refractivity contribution in [3.8, 4) is 10.4 Å². The molecule has 4 heterocycles. The first-order valence-corrected chi connectivity index (χ1v) is 23.5. The lowest BCUT2D eigenvalue weighted by Crippen LogP contribution is -2.39. The quantitative estimate of drug-likeness (QED) is 0.104. The molecule has 10 heteroatoms. The van der Waals surface area contributed by atoms with E-state index in [1.807, 2.05) is 54.6 Å². The molecule has 2 atom stereocenters. The summed E-state index contributed by atoms with van der Waals surface area (Å²) in [6.45, 7) is 0. The lowest BCUT2D eigenvalue weighted by molar-refractivity contribution is -0.136. The molecule has 9 rings (SSSR count). The van der Waals surface area contributed by atoms with Crippen molar-refractivity contribution in [1.82, 2.24) is 4.90 Å². The van der Waals surface area contributed by atoms with Crippen molar-refractivity contribution < 1.29 is 22.9 Å². The van der Waals surface area contributed by atoms with E-state index in [-0.39, 0.29) is 23.4 Å². The summed E-state index contributed by atoms with van der Waals surface area (Å²) in [4.78, 5) is 19.2. The predicted molar refractivity (Wildman–Crippen MR) is 249 cm³/mol. The van der Waals surface area contributed by atoms with Gasteiger partial charge in [-0.3, -0.25) is 14.2 Å². The van der Waals surface area contributed by atoms with Gasteiger partial charge in [-0.15, -0.1) is 0 Å². The normalized spacial score (nSPS) is 19.3. The van der Waals surface area contributed by atoms with Gasteiger partial charge in [0.2, 0.25) is 20.9 Å². The second-order valence-corrected chi connectivity index (χ2v) is 19.6. The summed E-state index contributed by atoms with van der Waals surface area (Å²) in [7, 11) is -2.25. The summed E-state index contributed by atoms with van der Waals surface area (Å²) in [6.07, 6.45) is 13.2. The molecule has 5 aromatic carbocycles. The molecule has 2 bridgehead atoms. The van der Waals surface area contributed by atoms with Crippen molar-refractivity contribution >= 4 is 77.6 Å². The molecule has 0 spiro atoms. The smallest absolute Gasteiger partial charge is 0.307 e. The highest BCUT2D eigenvalue weighted by atomic mass is 32.2. The number of rotatable bonds is 10. The number of fused-ring (bicyclic) bond motifs is 4. The summed E-state index contributed by atoms with van der Waals surface area (Å²) >= 11 is 4.99. The van der Waals surface area contributed by atoms with Crippen LogP contribution in [0.1, 0.15) is 35.1 Å². The molecule has 0 aliphatic carbocycles. The predicted octanol–water partition coefficient (Wildman–Crippen LogP) is 12.4.